The number of fused-ring (bicyclic) bond motifs is 1. The van der Waals surface area contributed by atoms with Crippen molar-refractivity contribution in [3.8, 4) is 0 Å². The van der Waals surface area contributed by atoms with Gasteiger partial charge >= 0.3 is 5.97 Å². The van der Waals surface area contributed by atoms with Crippen molar-refractivity contribution in [2.75, 3.05) is 4.72 Å². The number of carboxylic acid groups (broad SMARTS) is 1. The van der Waals surface area contributed by atoms with Crippen molar-refractivity contribution in [3.63, 3.8) is 0 Å². The van der Waals surface area contributed by atoms with Crippen LogP contribution in [0.3, 0.4) is 0 Å². The lowest BCUT2D eigenvalue weighted by Crippen LogP contribution is -2.15. The maximum atomic E-state index is 13.3. The fraction of sp³-hybridized carbons (Fsp3) is 0. The molecule has 0 amide bonds. The quantitative estimate of drug-likeness (QED) is 0.758. The van der Waals surface area contributed by atoms with Gasteiger partial charge in [0.2, 0.25) is 0 Å². The Morgan fingerprint density at radius 2 is 1.62 bits per heavy atom. The first-order valence-corrected chi connectivity index (χ1v) is 8.39. The number of anilines is 1. The van der Waals surface area contributed by atoms with E-state index in [9.17, 15) is 22.7 Å². The van der Waals surface area contributed by atoms with Crippen LogP contribution in [0, 0.1) is 5.82 Å². The minimum atomic E-state index is -4.11. The molecular formula is C17H12FNO4S. The molecular weight excluding hydrogens is 333 g/mol. The van der Waals surface area contributed by atoms with Crippen molar-refractivity contribution in [1.82, 2.24) is 0 Å². The number of aromatic carboxylic acids is 1. The molecule has 0 spiro atoms. The number of carboxylic acids is 1. The van der Waals surface area contributed by atoms with E-state index in [1.807, 2.05) is 0 Å². The van der Waals surface area contributed by atoms with E-state index in [1.165, 1.54) is 24.3 Å². The molecule has 0 aliphatic carbocycles. The molecule has 0 saturated carbocycles. The van der Waals surface area contributed by atoms with Crippen molar-refractivity contribution >= 4 is 32.5 Å². The fourth-order valence-corrected chi connectivity index (χ4v) is 3.44. The average Bonchev–Trinajstić information content (AvgIpc) is 2.53. The smallest absolute Gasteiger partial charge is 0.337 e. The third-order valence-electron chi connectivity index (χ3n) is 3.47. The second-order valence-corrected chi connectivity index (χ2v) is 6.80. The molecule has 3 aromatic carbocycles. The standard InChI is InChI=1S/C17H12FNO4S/c18-13-6-3-7-14(10-13)24(22,23)19-16-9-12-5-2-1-4-11(12)8-15(16)17(20)21/h1-10,19H,(H,20,21). The summed E-state index contributed by atoms with van der Waals surface area (Å²) < 4.78 is 40.3. The van der Waals surface area contributed by atoms with E-state index in [-0.39, 0.29) is 16.1 Å². The molecule has 0 bridgehead atoms. The summed E-state index contributed by atoms with van der Waals surface area (Å²) in [6.07, 6.45) is 0. The van der Waals surface area contributed by atoms with Gasteiger partial charge in [0, 0.05) is 0 Å². The number of hydrogen-bond donors (Lipinski definition) is 2. The van der Waals surface area contributed by atoms with Crippen LogP contribution in [0.5, 0.6) is 0 Å². The molecule has 2 N–H and O–H groups in total. The summed E-state index contributed by atoms with van der Waals surface area (Å²) in [5.41, 5.74) is -0.265. The monoisotopic (exact) mass is 345 g/mol. The second kappa shape index (κ2) is 5.93. The molecule has 0 aliphatic heterocycles. The minimum Gasteiger partial charge on any atom is -0.478 e. The predicted molar refractivity (Wildman–Crippen MR) is 88.1 cm³/mol. The van der Waals surface area contributed by atoms with Gasteiger partial charge in [-0.25, -0.2) is 17.6 Å². The molecule has 122 valence electrons. The Morgan fingerprint density at radius 3 is 2.25 bits per heavy atom. The Morgan fingerprint density at radius 1 is 0.958 bits per heavy atom. The number of nitrogens with one attached hydrogen (secondary N) is 1. The van der Waals surface area contributed by atoms with Crippen LogP contribution in [-0.4, -0.2) is 19.5 Å². The first-order valence-electron chi connectivity index (χ1n) is 6.91. The molecule has 0 unspecified atom stereocenters. The maximum Gasteiger partial charge on any atom is 0.337 e. The van der Waals surface area contributed by atoms with Crippen molar-refractivity contribution in [3.05, 3.63) is 72.0 Å². The van der Waals surface area contributed by atoms with Crippen LogP contribution < -0.4 is 4.72 Å². The van der Waals surface area contributed by atoms with Crippen LogP contribution in [0.15, 0.2) is 65.6 Å². The number of hydrogen-bond acceptors (Lipinski definition) is 3. The maximum absolute atomic E-state index is 13.3. The van der Waals surface area contributed by atoms with Crippen LogP contribution in [0.25, 0.3) is 10.8 Å². The van der Waals surface area contributed by atoms with Crippen LogP contribution in [-0.2, 0) is 10.0 Å². The first-order chi connectivity index (χ1) is 11.4. The summed E-state index contributed by atoms with van der Waals surface area (Å²) in [5, 5.41) is 10.7. The highest BCUT2D eigenvalue weighted by Gasteiger charge is 2.19. The Hall–Kier alpha value is -2.93. The van der Waals surface area contributed by atoms with Crippen LogP contribution in [0.4, 0.5) is 10.1 Å². The van der Waals surface area contributed by atoms with E-state index in [0.29, 0.717) is 10.8 Å². The minimum absolute atomic E-state index is 0.0783. The average molecular weight is 345 g/mol. The lowest BCUT2D eigenvalue weighted by Gasteiger charge is -2.12. The predicted octanol–water partition coefficient (Wildman–Crippen LogP) is 3.48. The van der Waals surface area contributed by atoms with E-state index >= 15 is 0 Å². The third-order valence-corrected chi connectivity index (χ3v) is 4.83. The van der Waals surface area contributed by atoms with Crippen molar-refractivity contribution in [1.29, 1.82) is 0 Å². The number of benzene rings is 3. The van der Waals surface area contributed by atoms with Gasteiger partial charge in [-0.05, 0) is 41.1 Å². The molecule has 24 heavy (non-hydrogen) atoms. The molecule has 0 aliphatic rings. The molecule has 5 nitrogen and oxygen atoms in total. The summed E-state index contributed by atoms with van der Waals surface area (Å²) in [6, 6.07) is 14.3. The number of sulfonamides is 1. The van der Waals surface area contributed by atoms with Crippen LogP contribution in [0.2, 0.25) is 0 Å². The highest BCUT2D eigenvalue weighted by molar-refractivity contribution is 7.92. The molecule has 0 fully saturated rings. The Bertz CT molecular complexity index is 1050. The number of halogens is 1. The van der Waals surface area contributed by atoms with E-state index in [4.69, 9.17) is 0 Å². The summed E-state index contributed by atoms with van der Waals surface area (Å²) in [6.45, 7) is 0. The molecule has 0 heterocycles. The molecule has 0 aromatic heterocycles. The van der Waals surface area contributed by atoms with E-state index < -0.39 is 21.8 Å². The summed E-state index contributed by atoms with van der Waals surface area (Å²) in [4.78, 5) is 11.2. The topological polar surface area (TPSA) is 83.5 Å². The van der Waals surface area contributed by atoms with E-state index in [0.717, 1.165) is 12.1 Å². The van der Waals surface area contributed by atoms with Crippen LogP contribution >= 0.6 is 0 Å². The van der Waals surface area contributed by atoms with E-state index in [2.05, 4.69) is 4.72 Å². The Kier molecular flexibility index (Phi) is 3.94. The SMILES string of the molecule is O=C(O)c1cc2ccccc2cc1NS(=O)(=O)c1cccc(F)c1. The second-order valence-electron chi connectivity index (χ2n) is 5.11. The van der Waals surface area contributed by atoms with Gasteiger partial charge in [0.1, 0.15) is 5.82 Å². The zero-order chi connectivity index (χ0) is 17.3. The lowest BCUT2D eigenvalue weighted by atomic mass is 10.1. The van der Waals surface area contributed by atoms with Gasteiger partial charge < -0.3 is 5.11 Å². The molecule has 0 atom stereocenters. The molecule has 0 saturated heterocycles. The Labute approximate surface area is 137 Å². The van der Waals surface area contributed by atoms with Crippen molar-refractivity contribution < 1.29 is 22.7 Å². The largest absolute Gasteiger partial charge is 0.478 e. The lowest BCUT2D eigenvalue weighted by molar-refractivity contribution is 0.0698. The van der Waals surface area contributed by atoms with Gasteiger partial charge in [0.15, 0.2) is 0 Å². The molecule has 3 aromatic rings. The third kappa shape index (κ3) is 3.07. The van der Waals surface area contributed by atoms with Gasteiger partial charge in [0.25, 0.3) is 10.0 Å². The molecule has 7 heteroatoms. The van der Waals surface area contributed by atoms with Crippen LogP contribution in [0.1, 0.15) is 10.4 Å². The van der Waals surface area contributed by atoms with Crippen molar-refractivity contribution in [2.24, 2.45) is 0 Å². The van der Waals surface area contributed by atoms with Gasteiger partial charge in [-0.2, -0.15) is 0 Å². The zero-order valence-electron chi connectivity index (χ0n) is 12.2. The van der Waals surface area contributed by atoms with E-state index in [1.54, 1.807) is 24.3 Å². The highest BCUT2D eigenvalue weighted by Crippen LogP contribution is 2.26. The normalized spacial score (nSPS) is 11.4. The number of rotatable bonds is 4. The Balaban J connectivity index is 2.11. The summed E-state index contributed by atoms with van der Waals surface area (Å²) in [7, 11) is -4.11. The molecule has 0 radical (unpaired) electrons. The fourth-order valence-electron chi connectivity index (χ4n) is 2.34. The highest BCUT2D eigenvalue weighted by atomic mass is 32.2. The number of carbonyl (C=O) groups is 1. The summed E-state index contributed by atoms with van der Waals surface area (Å²) in [5.74, 6) is -1.97. The first kappa shape index (κ1) is 15.9. The zero-order valence-corrected chi connectivity index (χ0v) is 13.0. The van der Waals surface area contributed by atoms with Gasteiger partial charge in [-0.1, -0.05) is 30.3 Å². The van der Waals surface area contributed by atoms with Gasteiger partial charge in [-0.15, -0.1) is 0 Å². The van der Waals surface area contributed by atoms with Gasteiger partial charge in [0.05, 0.1) is 16.1 Å². The van der Waals surface area contributed by atoms with Gasteiger partial charge in [-0.3, -0.25) is 4.72 Å². The van der Waals surface area contributed by atoms with Crippen molar-refractivity contribution in [2.45, 2.75) is 4.90 Å². The summed E-state index contributed by atoms with van der Waals surface area (Å²) >= 11 is 0. The molecule has 3 rings (SSSR count).